The van der Waals surface area contributed by atoms with E-state index in [0.29, 0.717) is 105 Å². The van der Waals surface area contributed by atoms with Crippen molar-refractivity contribution in [3.8, 4) is 11.5 Å². The van der Waals surface area contributed by atoms with Crippen molar-refractivity contribution in [1.82, 2.24) is 59.7 Å². The first-order chi connectivity index (χ1) is 59.1. The number of hydrogen-bond donors (Lipinski definition) is 7. The lowest BCUT2D eigenvalue weighted by atomic mass is 10.0. The highest BCUT2D eigenvalue weighted by Crippen LogP contribution is 2.49. The third-order valence-electron chi connectivity index (χ3n) is 22.4. The molecule has 0 bridgehead atoms. The van der Waals surface area contributed by atoms with Crippen molar-refractivity contribution in [2.45, 2.75) is 88.6 Å². The molecule has 6 aromatic carbocycles. The zero-order chi connectivity index (χ0) is 88.8. The normalized spacial score (nSPS) is 16.3. The van der Waals surface area contributed by atoms with Crippen molar-refractivity contribution in [1.29, 1.82) is 0 Å². The molecule has 5 aliphatic heterocycles. The van der Waals surface area contributed by atoms with Gasteiger partial charge in [-0.3, -0.25) is 9.80 Å². The number of nitrogens with one attached hydrogen (secondary N) is 7. The van der Waals surface area contributed by atoms with Gasteiger partial charge in [-0.05, 0) is 177 Å². The maximum Gasteiger partial charge on any atom is 0.319 e. The standard InChI is InChI=1S/C32H44ClN8O3P.C28H36ClN6O2P.C27H34ClN6O5PS/c1-22(2)35-32(42)41-18-16-40(17-19-41)23-12-14-39(15-13-23)24-10-11-26(28(20-24)44-3)37-31-34-21-25(33)30(38-31)36-27-8-6-7-9-29(27)45(4,5)43;1-20-18-22(34-12-10-21(11-13-34)35-14-16-37-17-15-35)8-9-24(20)32-28-30-19-23(29)27(33-28)31-25-6-4-5-7-26(25)38(2,3)36;1-18(2)41(37,38)24-9-7-6-8-22(24)30-25-20(28)17-29-26(32-25)31-21-11-10-19(16-23(21)39-5)40(36)14-12-34(13-15-40)27(35)33(3)4/h6-11,20-23H,12-19H2,1-5H3,(H,35,42)(H2,34,36,37,38);4-9,18-19,21H,10-17H2,1-3H3,(H2,30,31,32,33);6-11,16-18H,12-15H2,1-5H3,(H2,29,30,31,32). The van der Waals surface area contributed by atoms with E-state index in [1.54, 1.807) is 109 Å². The van der Waals surface area contributed by atoms with Gasteiger partial charge in [0.1, 0.15) is 48.0 Å². The number of carbonyl (C=O) groups excluding carboxylic acids is 2. The molecular weight excluding hydrogens is 1720 g/mol. The first-order valence-electron chi connectivity index (χ1n) is 41.6. The van der Waals surface area contributed by atoms with Crippen molar-refractivity contribution < 1.29 is 45.9 Å². The number of sulfone groups is 1. The summed E-state index contributed by atoms with van der Waals surface area (Å²) in [7, 11) is -4.73. The van der Waals surface area contributed by atoms with Crippen LogP contribution in [0.1, 0.15) is 58.9 Å². The fraction of sp³-hybridized carbons (Fsp3) is 0.425. The number of benzene rings is 6. The Balaban J connectivity index is 0.000000170. The number of aryl methyl sites for hydroxylation is 1. The largest absolute Gasteiger partial charge is 0.495 e. The van der Waals surface area contributed by atoms with E-state index >= 15 is 0 Å². The molecule has 5 fully saturated rings. The molecular formula is C87H114Cl3N20O10P3S. The minimum atomic E-state index is -3.56. The third kappa shape index (κ3) is 24.0. The molecule has 124 heavy (non-hydrogen) atoms. The summed E-state index contributed by atoms with van der Waals surface area (Å²) in [5.74, 6) is 3.20. The predicted octanol–water partition coefficient (Wildman–Crippen LogP) is 15.8. The average molecular weight is 1830 g/mol. The maximum atomic E-state index is 13.8. The molecule has 0 spiro atoms. The summed E-state index contributed by atoms with van der Waals surface area (Å²) < 4.78 is 82.0. The van der Waals surface area contributed by atoms with E-state index in [4.69, 9.17) is 49.0 Å². The van der Waals surface area contributed by atoms with Gasteiger partial charge < -0.3 is 89.6 Å². The maximum absolute atomic E-state index is 13.8. The van der Waals surface area contributed by atoms with E-state index in [2.05, 4.69) is 118 Å². The van der Waals surface area contributed by atoms with Crippen LogP contribution in [0.25, 0.3) is 0 Å². The summed E-state index contributed by atoms with van der Waals surface area (Å²) in [6.07, 6.45) is 9.81. The number of piperidine rings is 2. The molecule has 0 saturated carbocycles. The Morgan fingerprint density at radius 1 is 0.516 bits per heavy atom. The van der Waals surface area contributed by atoms with Gasteiger partial charge >= 0.3 is 12.1 Å². The highest BCUT2D eigenvalue weighted by Gasteiger charge is 2.36. The Kier molecular flexibility index (Phi) is 31.5. The van der Waals surface area contributed by atoms with Gasteiger partial charge in [-0.15, -0.1) is 0 Å². The number of para-hydroxylation sites is 3. The molecule has 0 unspecified atom stereocenters. The zero-order valence-electron chi connectivity index (χ0n) is 72.6. The Bertz CT molecular complexity index is 5500. The summed E-state index contributed by atoms with van der Waals surface area (Å²) >= 11 is 19.2. The lowest BCUT2D eigenvalue weighted by molar-refractivity contribution is 0.0115. The van der Waals surface area contributed by atoms with Crippen LogP contribution in [0.3, 0.4) is 0 Å². The predicted molar refractivity (Wildman–Crippen MR) is 505 cm³/mol. The van der Waals surface area contributed by atoms with Crippen LogP contribution in [0.4, 0.5) is 90.4 Å². The molecule has 0 atom stereocenters. The molecule has 37 heteroatoms. The van der Waals surface area contributed by atoms with Gasteiger partial charge in [-0.25, -0.2) is 33.0 Å². The number of piperazine rings is 1. The Morgan fingerprint density at radius 2 is 0.935 bits per heavy atom. The van der Waals surface area contributed by atoms with Gasteiger partial charge in [-0.1, -0.05) is 71.2 Å². The van der Waals surface area contributed by atoms with Crippen LogP contribution in [0.2, 0.25) is 15.1 Å². The van der Waals surface area contributed by atoms with Crippen LogP contribution >= 0.6 is 56.2 Å². The first-order valence-corrected chi connectivity index (χ1v) is 51.6. The van der Waals surface area contributed by atoms with Crippen molar-refractivity contribution in [2.75, 3.05) is 201 Å². The number of halogens is 3. The summed E-state index contributed by atoms with van der Waals surface area (Å²) in [5.41, 5.74) is 7.45. The molecule has 0 radical (unpaired) electrons. The number of hydrogen-bond acceptors (Lipinski definition) is 26. The fourth-order valence-electron chi connectivity index (χ4n) is 15.5. The van der Waals surface area contributed by atoms with Crippen LogP contribution in [0, 0.1) is 6.92 Å². The second-order valence-corrected chi connectivity index (χ2v) is 46.0. The Morgan fingerprint density at radius 3 is 1.39 bits per heavy atom. The van der Waals surface area contributed by atoms with Crippen molar-refractivity contribution in [3.63, 3.8) is 0 Å². The number of aromatic nitrogens is 6. The van der Waals surface area contributed by atoms with Crippen LogP contribution in [-0.2, 0) is 28.3 Å². The molecule has 664 valence electrons. The van der Waals surface area contributed by atoms with E-state index < -0.39 is 36.5 Å². The molecule has 9 aromatic rings. The molecule has 8 heterocycles. The highest BCUT2D eigenvalue weighted by atomic mass is 35.5. The van der Waals surface area contributed by atoms with E-state index in [1.807, 2.05) is 79.4 Å². The second-order valence-electron chi connectivity index (χ2n) is 32.7. The summed E-state index contributed by atoms with van der Waals surface area (Å²) in [6, 6.07) is 40.7. The monoisotopic (exact) mass is 1830 g/mol. The minimum Gasteiger partial charge on any atom is -0.495 e. The van der Waals surface area contributed by atoms with Crippen molar-refractivity contribution >= 4 is 175 Å². The van der Waals surface area contributed by atoms with Gasteiger partial charge in [0.2, 0.25) is 17.8 Å². The van der Waals surface area contributed by atoms with Gasteiger partial charge in [0.15, 0.2) is 27.3 Å². The van der Waals surface area contributed by atoms with E-state index in [-0.39, 0.29) is 39.8 Å². The summed E-state index contributed by atoms with van der Waals surface area (Å²) in [4.78, 5) is 66.6. The van der Waals surface area contributed by atoms with Gasteiger partial charge in [0.05, 0.1) is 84.6 Å². The molecule has 14 rings (SSSR count). The van der Waals surface area contributed by atoms with E-state index in [9.17, 15) is 31.7 Å². The number of rotatable bonds is 24. The quantitative estimate of drug-likeness (QED) is 0.0276. The van der Waals surface area contributed by atoms with Crippen LogP contribution in [0.15, 0.2) is 151 Å². The third-order valence-corrected chi connectivity index (χ3v) is 31.6. The van der Waals surface area contributed by atoms with Crippen molar-refractivity contribution in [3.05, 3.63) is 167 Å². The Hall–Kier alpha value is -9.51. The number of carbonyl (C=O) groups is 2. The fourth-order valence-corrected chi connectivity index (χ4v) is 22.0. The number of morpholine rings is 1. The summed E-state index contributed by atoms with van der Waals surface area (Å²) in [5, 5.41) is 24.7. The lowest BCUT2D eigenvalue weighted by Crippen LogP contribution is -2.56. The number of urea groups is 2. The van der Waals surface area contributed by atoms with Gasteiger partial charge in [0.25, 0.3) is 0 Å². The first kappa shape index (κ1) is 93.6. The number of methoxy groups -OCH3 is 2. The minimum absolute atomic E-state index is 0.0397. The number of amides is 4. The van der Waals surface area contributed by atoms with E-state index in [1.165, 1.54) is 49.0 Å². The van der Waals surface area contributed by atoms with Gasteiger partial charge in [-0.2, -0.15) is 15.0 Å². The number of ether oxygens (including phenoxy) is 3. The molecule has 4 amide bonds. The number of nitrogens with zero attached hydrogens (tertiary/aromatic N) is 13. The second kappa shape index (κ2) is 41.7. The topological polar surface area (TPSA) is 331 Å². The molecule has 5 aliphatic rings. The zero-order valence-corrected chi connectivity index (χ0v) is 78.4. The van der Waals surface area contributed by atoms with Crippen molar-refractivity contribution in [2.24, 2.45) is 0 Å². The van der Waals surface area contributed by atoms with E-state index in [0.717, 1.165) is 130 Å². The molecule has 0 aliphatic carbocycles. The molecule has 3 aromatic heterocycles. The lowest BCUT2D eigenvalue weighted by Gasteiger charge is -2.43. The van der Waals surface area contributed by atoms with Crippen LogP contribution in [-0.4, -0.2) is 257 Å². The average Bonchev–Trinajstić information content (AvgIpc) is 0.782. The molecule has 7 N–H and O–H groups in total. The van der Waals surface area contributed by atoms with Crippen LogP contribution in [0.5, 0.6) is 11.5 Å². The van der Waals surface area contributed by atoms with Gasteiger partial charge in [0, 0.05) is 162 Å². The SMILES string of the molecule is COc1cc(N2CCC(N3CCN(C(=O)NC(C)C)CC3)CC2)ccc1Nc1ncc(Cl)c(Nc2ccccc2P(C)(C)=O)n1.COc1cc(P2(=O)CCN(C(=O)N(C)C)CC2)ccc1Nc1ncc(Cl)c(Nc2ccccc2S(=O)(=O)C(C)C)n1.Cc1cc(N2CCC(N3CCOCC3)CC2)ccc1Nc1ncc(Cl)c(Nc2ccccc2P(C)(C)=O)n1. The highest BCUT2D eigenvalue weighted by molar-refractivity contribution is 7.92. The summed E-state index contributed by atoms with van der Waals surface area (Å²) in [6.45, 7) is 28.4. The Labute approximate surface area is 743 Å². The van der Waals surface area contributed by atoms with Crippen LogP contribution < -0.4 is 72.4 Å². The molecule has 30 nitrogen and oxygen atoms in total. The smallest absolute Gasteiger partial charge is 0.319 e. The molecule has 5 saturated heterocycles. The number of anilines is 14.